The lowest BCUT2D eigenvalue weighted by Crippen LogP contribution is -2.08. The Balaban J connectivity index is 2.80. The molecule has 84 valence electrons. The van der Waals surface area contributed by atoms with Gasteiger partial charge in [0.05, 0.1) is 12.8 Å². The van der Waals surface area contributed by atoms with Crippen LogP contribution in [0.2, 0.25) is 0 Å². The number of methoxy groups -OCH3 is 1. The average molecular weight is 221 g/mol. The van der Waals surface area contributed by atoms with Gasteiger partial charge in [-0.1, -0.05) is 11.2 Å². The first kappa shape index (κ1) is 11.8. The monoisotopic (exact) mass is 221 g/mol. The van der Waals surface area contributed by atoms with E-state index in [4.69, 9.17) is 5.53 Å². The molecule has 1 heterocycles. The van der Waals surface area contributed by atoms with Gasteiger partial charge in [0.25, 0.3) is 0 Å². The quantitative estimate of drug-likeness (QED) is 0.334. The highest BCUT2D eigenvalue weighted by atomic mass is 16.5. The van der Waals surface area contributed by atoms with Crippen LogP contribution in [0.25, 0.3) is 16.5 Å². The fourth-order valence-corrected chi connectivity index (χ4v) is 1.11. The van der Waals surface area contributed by atoms with E-state index in [0.29, 0.717) is 5.69 Å². The molecule has 0 amide bonds. The van der Waals surface area contributed by atoms with Crippen molar-refractivity contribution in [3.8, 4) is 0 Å². The fourth-order valence-electron chi connectivity index (χ4n) is 1.11. The van der Waals surface area contributed by atoms with Gasteiger partial charge in [-0.2, -0.15) is 0 Å². The molecule has 16 heavy (non-hydrogen) atoms. The summed E-state index contributed by atoms with van der Waals surface area (Å²) in [6.45, 7) is 0.251. The molecule has 0 unspecified atom stereocenters. The number of imidazole rings is 1. The molecule has 0 radical (unpaired) electrons. The summed E-state index contributed by atoms with van der Waals surface area (Å²) in [6, 6.07) is 0. The minimum atomic E-state index is -0.489. The van der Waals surface area contributed by atoms with Crippen molar-refractivity contribution in [3.05, 3.63) is 34.2 Å². The smallest absolute Gasteiger partial charge is 0.374 e. The number of rotatable bonds is 4. The summed E-state index contributed by atoms with van der Waals surface area (Å²) in [7, 11) is 3.00. The van der Waals surface area contributed by atoms with Crippen molar-refractivity contribution in [1.82, 2.24) is 9.55 Å². The molecular formula is C9H11N5O2. The molecule has 7 nitrogen and oxygen atoms in total. The number of carbonyl (C=O) groups is 1. The van der Waals surface area contributed by atoms with Crippen LogP contribution >= 0.6 is 0 Å². The van der Waals surface area contributed by atoms with Crippen molar-refractivity contribution in [3.63, 3.8) is 0 Å². The highest BCUT2D eigenvalue weighted by Crippen LogP contribution is 2.04. The molecule has 0 aromatic carbocycles. The van der Waals surface area contributed by atoms with Crippen LogP contribution in [0.5, 0.6) is 0 Å². The summed E-state index contributed by atoms with van der Waals surface area (Å²) in [4.78, 5) is 17.9. The van der Waals surface area contributed by atoms with Crippen molar-refractivity contribution in [2.24, 2.45) is 12.2 Å². The van der Waals surface area contributed by atoms with E-state index >= 15 is 0 Å². The van der Waals surface area contributed by atoms with Gasteiger partial charge in [0, 0.05) is 24.7 Å². The molecule has 1 aromatic heterocycles. The first-order chi connectivity index (χ1) is 7.69. The van der Waals surface area contributed by atoms with E-state index in [1.54, 1.807) is 30.0 Å². The Bertz CT molecular complexity index is 456. The molecule has 0 saturated carbocycles. The maximum absolute atomic E-state index is 11.2. The number of azide groups is 1. The lowest BCUT2D eigenvalue weighted by Gasteiger charge is -1.96. The third-order valence-corrected chi connectivity index (χ3v) is 1.80. The van der Waals surface area contributed by atoms with Crippen LogP contribution in [0, 0.1) is 0 Å². The van der Waals surface area contributed by atoms with Crippen molar-refractivity contribution < 1.29 is 9.53 Å². The molecule has 0 aliphatic rings. The third kappa shape index (κ3) is 2.86. The second-order valence-corrected chi connectivity index (χ2v) is 2.91. The van der Waals surface area contributed by atoms with Gasteiger partial charge in [-0.15, -0.1) is 0 Å². The van der Waals surface area contributed by atoms with Gasteiger partial charge >= 0.3 is 5.97 Å². The number of aromatic nitrogens is 2. The molecule has 0 fully saturated rings. The lowest BCUT2D eigenvalue weighted by molar-refractivity contribution is 0.0583. The van der Waals surface area contributed by atoms with E-state index < -0.39 is 5.97 Å². The number of carbonyl (C=O) groups excluding carboxylic acids is 1. The Morgan fingerprint density at radius 2 is 2.56 bits per heavy atom. The summed E-state index contributed by atoms with van der Waals surface area (Å²) < 4.78 is 6.13. The molecule has 0 spiro atoms. The van der Waals surface area contributed by atoms with Gasteiger partial charge in [0.1, 0.15) is 0 Å². The average Bonchev–Trinajstić information content (AvgIpc) is 2.65. The first-order valence-electron chi connectivity index (χ1n) is 4.48. The van der Waals surface area contributed by atoms with Crippen molar-refractivity contribution in [1.29, 1.82) is 0 Å². The van der Waals surface area contributed by atoms with E-state index in [2.05, 4.69) is 19.7 Å². The van der Waals surface area contributed by atoms with Crippen molar-refractivity contribution >= 4 is 12.0 Å². The summed E-state index contributed by atoms with van der Waals surface area (Å²) in [6.07, 6.45) is 5.00. The topological polar surface area (TPSA) is 92.9 Å². The van der Waals surface area contributed by atoms with E-state index in [1.165, 1.54) is 7.11 Å². The summed E-state index contributed by atoms with van der Waals surface area (Å²) in [5.74, 6) is -0.261. The molecule has 1 rings (SSSR count). The standard InChI is InChI=1S/C9H11N5O2/c1-14-6-7(4-3-5-11-13-10)12-8(14)9(15)16-2/h3-4,6H,5H2,1-2H3. The van der Waals surface area contributed by atoms with Gasteiger partial charge in [-0.05, 0) is 11.6 Å². The minimum Gasteiger partial charge on any atom is -0.463 e. The van der Waals surface area contributed by atoms with E-state index in [9.17, 15) is 4.79 Å². The SMILES string of the molecule is COC(=O)c1nc(C=CCN=[N+]=[N-])cn1C. The Labute approximate surface area is 92.0 Å². The van der Waals surface area contributed by atoms with Crippen LogP contribution in [0.15, 0.2) is 17.4 Å². The molecule has 1 aromatic rings. The predicted octanol–water partition coefficient (Wildman–Crippen LogP) is 1.53. The number of aryl methyl sites for hydroxylation is 1. The normalized spacial score (nSPS) is 10.1. The molecular weight excluding hydrogens is 210 g/mol. The van der Waals surface area contributed by atoms with Gasteiger partial charge in [-0.3, -0.25) is 0 Å². The summed E-state index contributed by atoms with van der Waals surface area (Å²) in [5.41, 5.74) is 8.67. The van der Waals surface area contributed by atoms with Gasteiger partial charge < -0.3 is 9.30 Å². The number of hydrogen-bond donors (Lipinski definition) is 0. The fraction of sp³-hybridized carbons (Fsp3) is 0.333. The highest BCUT2D eigenvalue weighted by molar-refractivity contribution is 5.85. The maximum atomic E-state index is 11.2. The van der Waals surface area contributed by atoms with Crippen LogP contribution in [0.3, 0.4) is 0 Å². The molecule has 0 saturated heterocycles. The molecule has 0 atom stereocenters. The highest BCUT2D eigenvalue weighted by Gasteiger charge is 2.12. The zero-order chi connectivity index (χ0) is 12.0. The van der Waals surface area contributed by atoms with Crippen LogP contribution in [0.1, 0.15) is 16.3 Å². The zero-order valence-electron chi connectivity index (χ0n) is 8.99. The molecule has 0 aliphatic carbocycles. The van der Waals surface area contributed by atoms with E-state index in [-0.39, 0.29) is 12.4 Å². The Morgan fingerprint density at radius 3 is 3.19 bits per heavy atom. The molecule has 0 aliphatic heterocycles. The Kier molecular flexibility index (Phi) is 4.11. The first-order valence-corrected chi connectivity index (χ1v) is 4.48. The second-order valence-electron chi connectivity index (χ2n) is 2.91. The number of esters is 1. The van der Waals surface area contributed by atoms with E-state index in [0.717, 1.165) is 0 Å². The maximum Gasteiger partial charge on any atom is 0.374 e. The number of ether oxygens (including phenoxy) is 1. The molecule has 0 N–H and O–H groups in total. The Morgan fingerprint density at radius 1 is 1.81 bits per heavy atom. The van der Waals surface area contributed by atoms with Gasteiger partial charge in [0.2, 0.25) is 5.82 Å². The Hall–Kier alpha value is -2.27. The van der Waals surface area contributed by atoms with Crippen LogP contribution < -0.4 is 0 Å². The van der Waals surface area contributed by atoms with Crippen molar-refractivity contribution in [2.75, 3.05) is 13.7 Å². The number of nitrogens with zero attached hydrogens (tertiary/aromatic N) is 5. The van der Waals surface area contributed by atoms with Crippen molar-refractivity contribution in [2.45, 2.75) is 0 Å². The van der Waals surface area contributed by atoms with Gasteiger partial charge in [-0.25, -0.2) is 9.78 Å². The van der Waals surface area contributed by atoms with Crippen LogP contribution in [0.4, 0.5) is 0 Å². The molecule has 0 bridgehead atoms. The summed E-state index contributed by atoms with van der Waals surface area (Å²) in [5, 5.41) is 3.33. The zero-order valence-corrected chi connectivity index (χ0v) is 8.99. The second kappa shape index (κ2) is 5.57. The largest absolute Gasteiger partial charge is 0.463 e. The van der Waals surface area contributed by atoms with Crippen LogP contribution in [-0.4, -0.2) is 29.2 Å². The van der Waals surface area contributed by atoms with E-state index in [1.807, 2.05) is 0 Å². The minimum absolute atomic E-state index is 0.228. The summed E-state index contributed by atoms with van der Waals surface area (Å²) >= 11 is 0. The predicted molar refractivity (Wildman–Crippen MR) is 57.6 cm³/mol. The van der Waals surface area contributed by atoms with Crippen LogP contribution in [-0.2, 0) is 11.8 Å². The molecule has 7 heteroatoms. The van der Waals surface area contributed by atoms with Gasteiger partial charge in [0.15, 0.2) is 0 Å². The lowest BCUT2D eigenvalue weighted by atomic mass is 10.4. The number of hydrogen-bond acceptors (Lipinski definition) is 4. The third-order valence-electron chi connectivity index (χ3n) is 1.80.